The van der Waals surface area contributed by atoms with Crippen molar-refractivity contribution in [1.29, 1.82) is 0 Å². The molecule has 0 aliphatic heterocycles. The van der Waals surface area contributed by atoms with E-state index in [0.29, 0.717) is 10.9 Å². The van der Waals surface area contributed by atoms with Crippen molar-refractivity contribution in [3.05, 3.63) is 24.0 Å². The van der Waals surface area contributed by atoms with E-state index in [9.17, 15) is 4.79 Å². The number of aryl methyl sites for hydroxylation is 1. The molecule has 0 bridgehead atoms. The van der Waals surface area contributed by atoms with Crippen LogP contribution < -0.4 is 5.32 Å². The maximum atomic E-state index is 11.8. The summed E-state index contributed by atoms with van der Waals surface area (Å²) >= 11 is 3.08. The van der Waals surface area contributed by atoms with Gasteiger partial charge in [-0.05, 0) is 6.42 Å². The van der Waals surface area contributed by atoms with Crippen LogP contribution >= 0.6 is 23.1 Å². The van der Waals surface area contributed by atoms with Crippen LogP contribution in [0.4, 0.5) is 5.13 Å². The smallest absolute Gasteiger partial charge is 0.228 e. The molecule has 1 N–H and O–H groups in total. The third-order valence-corrected chi connectivity index (χ3v) is 5.15. The van der Waals surface area contributed by atoms with Gasteiger partial charge >= 0.3 is 0 Å². The molecule has 0 saturated heterocycles. The maximum absolute atomic E-state index is 11.8. The molecule has 5 nitrogen and oxygen atoms in total. The van der Waals surface area contributed by atoms with Crippen LogP contribution in [0.15, 0.2) is 21.0 Å². The second kappa shape index (κ2) is 7.61. The summed E-state index contributed by atoms with van der Waals surface area (Å²) in [5.41, 5.74) is 0. The Kier molecular flexibility index (Phi) is 5.81. The molecule has 21 heavy (non-hydrogen) atoms. The standard InChI is InChI=1S/C14H19N3O2S2/c1-4-9(3)13(18)17-14-16-7-12(21-14)20-8-11-15-6-10(5-2)19-11/h6-7,9H,4-5,8H2,1-3H3,(H,16,17,18). The minimum Gasteiger partial charge on any atom is -0.445 e. The van der Waals surface area contributed by atoms with Crippen LogP contribution in [0.1, 0.15) is 38.8 Å². The number of nitrogens with zero attached hydrogens (tertiary/aromatic N) is 2. The minimum atomic E-state index is 0.00443. The normalized spacial score (nSPS) is 12.3. The number of thioether (sulfide) groups is 1. The number of thiazole rings is 1. The van der Waals surface area contributed by atoms with Gasteiger partial charge in [-0.15, -0.1) is 11.8 Å². The summed E-state index contributed by atoms with van der Waals surface area (Å²) in [5, 5.41) is 3.48. The number of hydrogen-bond acceptors (Lipinski definition) is 6. The number of amides is 1. The van der Waals surface area contributed by atoms with Crippen molar-refractivity contribution in [3.63, 3.8) is 0 Å². The molecule has 0 radical (unpaired) electrons. The third kappa shape index (κ3) is 4.57. The Bertz CT molecular complexity index is 595. The minimum absolute atomic E-state index is 0.00443. The average molecular weight is 325 g/mol. The number of nitrogens with one attached hydrogen (secondary N) is 1. The van der Waals surface area contributed by atoms with Crippen molar-refractivity contribution in [1.82, 2.24) is 9.97 Å². The van der Waals surface area contributed by atoms with Gasteiger partial charge in [-0.25, -0.2) is 9.97 Å². The van der Waals surface area contributed by atoms with E-state index in [2.05, 4.69) is 15.3 Å². The molecule has 0 aromatic carbocycles. The Morgan fingerprint density at radius 1 is 1.43 bits per heavy atom. The molecule has 1 atom stereocenters. The average Bonchev–Trinajstić information content (AvgIpc) is 3.13. The van der Waals surface area contributed by atoms with Crippen LogP contribution in [-0.2, 0) is 17.0 Å². The van der Waals surface area contributed by atoms with E-state index < -0.39 is 0 Å². The Hall–Kier alpha value is -1.34. The Morgan fingerprint density at radius 3 is 2.90 bits per heavy atom. The fourth-order valence-corrected chi connectivity index (χ4v) is 3.24. The largest absolute Gasteiger partial charge is 0.445 e. The van der Waals surface area contributed by atoms with Gasteiger partial charge in [-0.2, -0.15) is 0 Å². The SMILES string of the molecule is CCc1cnc(CSc2cnc(NC(=O)C(C)CC)s2)o1. The van der Waals surface area contributed by atoms with Gasteiger partial charge in [0.2, 0.25) is 11.8 Å². The van der Waals surface area contributed by atoms with Crippen LogP contribution in [0, 0.1) is 5.92 Å². The second-order valence-electron chi connectivity index (χ2n) is 4.65. The molecule has 2 heterocycles. The first-order valence-corrected chi connectivity index (χ1v) is 8.75. The van der Waals surface area contributed by atoms with Crippen molar-refractivity contribution in [3.8, 4) is 0 Å². The predicted molar refractivity (Wildman–Crippen MR) is 85.6 cm³/mol. The second-order valence-corrected chi connectivity index (χ2v) is 6.95. The first-order valence-electron chi connectivity index (χ1n) is 6.95. The lowest BCUT2D eigenvalue weighted by Gasteiger charge is -2.06. The zero-order valence-corrected chi connectivity index (χ0v) is 14.0. The number of anilines is 1. The number of aromatic nitrogens is 2. The summed E-state index contributed by atoms with van der Waals surface area (Å²) in [6.45, 7) is 5.94. The molecule has 114 valence electrons. The monoisotopic (exact) mass is 325 g/mol. The first kappa shape index (κ1) is 16.0. The summed E-state index contributed by atoms with van der Waals surface area (Å²) in [5.74, 6) is 2.31. The van der Waals surface area contributed by atoms with Crippen LogP contribution in [0.5, 0.6) is 0 Å². The molecular formula is C14H19N3O2S2. The van der Waals surface area contributed by atoms with Gasteiger partial charge in [0.25, 0.3) is 0 Å². The number of rotatable bonds is 7. The Balaban J connectivity index is 1.86. The molecule has 0 spiro atoms. The highest BCUT2D eigenvalue weighted by Gasteiger charge is 2.13. The predicted octanol–water partition coefficient (Wildman–Crippen LogP) is 3.97. The highest BCUT2D eigenvalue weighted by atomic mass is 32.2. The van der Waals surface area contributed by atoms with Crippen molar-refractivity contribution in [2.24, 2.45) is 5.92 Å². The summed E-state index contributed by atoms with van der Waals surface area (Å²) in [6, 6.07) is 0. The van der Waals surface area contributed by atoms with Gasteiger partial charge in [-0.1, -0.05) is 32.1 Å². The summed E-state index contributed by atoms with van der Waals surface area (Å²) in [7, 11) is 0. The van der Waals surface area contributed by atoms with Crippen LogP contribution in [-0.4, -0.2) is 15.9 Å². The zero-order chi connectivity index (χ0) is 15.2. The highest BCUT2D eigenvalue weighted by Crippen LogP contribution is 2.30. The van der Waals surface area contributed by atoms with Crippen molar-refractivity contribution in [2.75, 3.05) is 5.32 Å². The molecule has 0 aliphatic carbocycles. The summed E-state index contributed by atoms with van der Waals surface area (Å²) in [6.07, 6.45) is 5.21. The fourth-order valence-electron chi connectivity index (χ4n) is 1.51. The molecule has 2 aromatic heterocycles. The van der Waals surface area contributed by atoms with E-state index in [1.54, 1.807) is 24.2 Å². The molecule has 1 unspecified atom stereocenters. The van der Waals surface area contributed by atoms with Gasteiger partial charge in [0.05, 0.1) is 22.4 Å². The summed E-state index contributed by atoms with van der Waals surface area (Å²) < 4.78 is 6.59. The van der Waals surface area contributed by atoms with Crippen molar-refractivity contribution in [2.45, 2.75) is 43.6 Å². The van der Waals surface area contributed by atoms with Crippen LogP contribution in [0.2, 0.25) is 0 Å². The van der Waals surface area contributed by atoms with Crippen LogP contribution in [0.25, 0.3) is 0 Å². The Labute approximate surface area is 132 Å². The number of hydrogen-bond donors (Lipinski definition) is 1. The highest BCUT2D eigenvalue weighted by molar-refractivity contribution is 8.00. The van der Waals surface area contributed by atoms with Gasteiger partial charge in [0.15, 0.2) is 5.13 Å². The number of oxazole rings is 1. The van der Waals surface area contributed by atoms with E-state index in [1.165, 1.54) is 11.3 Å². The molecule has 1 amide bonds. The van der Waals surface area contributed by atoms with E-state index in [4.69, 9.17) is 4.42 Å². The molecule has 2 rings (SSSR count). The Morgan fingerprint density at radius 2 is 2.24 bits per heavy atom. The third-order valence-electron chi connectivity index (χ3n) is 3.06. The van der Waals surface area contributed by atoms with E-state index in [1.807, 2.05) is 20.8 Å². The van der Waals surface area contributed by atoms with Gasteiger partial charge in [0, 0.05) is 12.3 Å². The van der Waals surface area contributed by atoms with Crippen molar-refractivity contribution < 1.29 is 9.21 Å². The lowest BCUT2D eigenvalue weighted by Crippen LogP contribution is -2.19. The lowest BCUT2D eigenvalue weighted by molar-refractivity contribution is -0.119. The quantitative estimate of drug-likeness (QED) is 0.780. The lowest BCUT2D eigenvalue weighted by atomic mass is 10.1. The number of carbonyl (C=O) groups is 1. The summed E-state index contributed by atoms with van der Waals surface area (Å²) in [4.78, 5) is 20.2. The molecular weight excluding hydrogens is 306 g/mol. The van der Waals surface area contributed by atoms with Crippen LogP contribution in [0.3, 0.4) is 0 Å². The maximum Gasteiger partial charge on any atom is 0.228 e. The van der Waals surface area contributed by atoms with Gasteiger partial charge in [-0.3, -0.25) is 4.79 Å². The molecule has 0 fully saturated rings. The van der Waals surface area contributed by atoms with E-state index in [-0.39, 0.29) is 11.8 Å². The molecule has 0 aliphatic rings. The van der Waals surface area contributed by atoms with Gasteiger partial charge < -0.3 is 9.73 Å². The van der Waals surface area contributed by atoms with Gasteiger partial charge in [0.1, 0.15) is 5.76 Å². The van der Waals surface area contributed by atoms with E-state index >= 15 is 0 Å². The molecule has 0 saturated carbocycles. The topological polar surface area (TPSA) is 68.0 Å². The molecule has 2 aromatic rings. The van der Waals surface area contributed by atoms with E-state index in [0.717, 1.165) is 28.7 Å². The molecule has 7 heteroatoms. The van der Waals surface area contributed by atoms with Crippen molar-refractivity contribution >= 4 is 34.1 Å². The zero-order valence-electron chi connectivity index (χ0n) is 12.4. The fraction of sp³-hybridized carbons (Fsp3) is 0.500. The number of carbonyl (C=O) groups excluding carboxylic acids is 1. The first-order chi connectivity index (χ1) is 10.1.